The van der Waals surface area contributed by atoms with Crippen molar-refractivity contribution in [3.05, 3.63) is 82.6 Å². The second kappa shape index (κ2) is 14.2. The number of thiophene rings is 1. The number of carbonyl (C=O) groups excluding carboxylic acids is 1. The van der Waals surface area contributed by atoms with Gasteiger partial charge < -0.3 is 9.64 Å². The number of amides is 1. The van der Waals surface area contributed by atoms with Gasteiger partial charge in [0.05, 0.1) is 11.5 Å². The van der Waals surface area contributed by atoms with Gasteiger partial charge in [-0.1, -0.05) is 36.4 Å². The summed E-state index contributed by atoms with van der Waals surface area (Å²) >= 11 is 1.76. The van der Waals surface area contributed by atoms with E-state index in [-0.39, 0.29) is 29.8 Å². The molecule has 0 aliphatic carbocycles. The van der Waals surface area contributed by atoms with Crippen molar-refractivity contribution in [3.63, 3.8) is 0 Å². The van der Waals surface area contributed by atoms with Gasteiger partial charge in [0.25, 0.3) is 10.0 Å². The molecule has 2 aromatic carbocycles. The molecular weight excluding hydrogens is 504 g/mol. The van der Waals surface area contributed by atoms with Crippen LogP contribution in [0.3, 0.4) is 0 Å². The summed E-state index contributed by atoms with van der Waals surface area (Å²) in [6, 6.07) is 20.5. The van der Waals surface area contributed by atoms with Crippen LogP contribution in [0.5, 0.6) is 5.75 Å². The van der Waals surface area contributed by atoms with Crippen LogP contribution in [0.15, 0.2) is 77.0 Å². The zero-order valence-corrected chi connectivity index (χ0v) is 22.5. The van der Waals surface area contributed by atoms with Crippen molar-refractivity contribution in [2.75, 3.05) is 19.7 Å². The Bertz CT molecular complexity index is 1120. The third-order valence-corrected chi connectivity index (χ3v) is 7.66. The highest BCUT2D eigenvalue weighted by molar-refractivity contribution is 7.90. The zero-order valence-electron chi connectivity index (χ0n) is 20.1. The van der Waals surface area contributed by atoms with Gasteiger partial charge in [0.2, 0.25) is 5.91 Å². The number of halogens is 1. The fourth-order valence-corrected chi connectivity index (χ4v) is 5.28. The first-order valence-corrected chi connectivity index (χ1v) is 13.8. The van der Waals surface area contributed by atoms with Crippen LogP contribution in [0.1, 0.15) is 37.1 Å². The largest absolute Gasteiger partial charge is 0.494 e. The van der Waals surface area contributed by atoms with Gasteiger partial charge in [0.15, 0.2) is 0 Å². The first-order chi connectivity index (χ1) is 16.3. The summed E-state index contributed by atoms with van der Waals surface area (Å²) in [5, 5.41) is 2.09. The molecular formula is C26H33ClN2O4S2. The molecule has 0 fully saturated rings. The molecule has 1 amide bonds. The summed E-state index contributed by atoms with van der Waals surface area (Å²) in [4.78, 5) is 15.8. The van der Waals surface area contributed by atoms with Crippen molar-refractivity contribution in [2.24, 2.45) is 0 Å². The van der Waals surface area contributed by atoms with Crippen molar-refractivity contribution in [1.29, 1.82) is 0 Å². The van der Waals surface area contributed by atoms with Crippen molar-refractivity contribution in [2.45, 2.75) is 44.0 Å². The Morgan fingerprint density at radius 1 is 1.00 bits per heavy atom. The van der Waals surface area contributed by atoms with Crippen molar-refractivity contribution < 1.29 is 17.9 Å². The van der Waals surface area contributed by atoms with Crippen LogP contribution in [0.2, 0.25) is 0 Å². The minimum Gasteiger partial charge on any atom is -0.494 e. The van der Waals surface area contributed by atoms with Gasteiger partial charge in [-0.05, 0) is 61.5 Å². The van der Waals surface area contributed by atoms with Crippen LogP contribution in [-0.4, -0.2) is 45.0 Å². The maximum absolute atomic E-state index is 12.3. The average Bonchev–Trinajstić information content (AvgIpc) is 3.32. The van der Waals surface area contributed by atoms with Gasteiger partial charge in [0.1, 0.15) is 5.75 Å². The van der Waals surface area contributed by atoms with Gasteiger partial charge in [0, 0.05) is 36.9 Å². The fourth-order valence-electron chi connectivity index (χ4n) is 3.51. The molecule has 9 heteroatoms. The lowest BCUT2D eigenvalue weighted by Crippen LogP contribution is -2.37. The number of sulfonamides is 1. The van der Waals surface area contributed by atoms with Gasteiger partial charge in [-0.3, -0.25) is 4.79 Å². The lowest BCUT2D eigenvalue weighted by Gasteiger charge is -2.26. The lowest BCUT2D eigenvalue weighted by atomic mass is 10.1. The second-order valence-corrected chi connectivity index (χ2v) is 11.0. The van der Waals surface area contributed by atoms with Crippen LogP contribution in [0.25, 0.3) is 0 Å². The van der Waals surface area contributed by atoms with E-state index in [2.05, 4.69) is 53.1 Å². The predicted molar refractivity (Wildman–Crippen MR) is 144 cm³/mol. The molecule has 1 heterocycles. The topological polar surface area (TPSA) is 75.7 Å². The maximum atomic E-state index is 12.3. The number of ether oxygens (including phenoxy) is 1. The van der Waals surface area contributed by atoms with E-state index < -0.39 is 15.9 Å². The Hall–Kier alpha value is -2.39. The Labute approximate surface area is 218 Å². The van der Waals surface area contributed by atoms with E-state index >= 15 is 0 Å². The van der Waals surface area contributed by atoms with E-state index in [1.54, 1.807) is 29.5 Å². The number of nitrogens with zero attached hydrogens (tertiary/aromatic N) is 1. The molecule has 0 spiro atoms. The third kappa shape index (κ3) is 9.64. The number of carbonyl (C=O) groups is 1. The summed E-state index contributed by atoms with van der Waals surface area (Å²) in [7, 11) is -3.83. The van der Waals surface area contributed by atoms with E-state index in [0.29, 0.717) is 13.2 Å². The molecule has 0 unspecified atom stereocenters. The minimum atomic E-state index is -3.83. The number of rotatable bonds is 13. The third-order valence-electron chi connectivity index (χ3n) is 5.40. The molecule has 1 aromatic heterocycles. The Morgan fingerprint density at radius 2 is 1.71 bits per heavy atom. The average molecular weight is 537 g/mol. The van der Waals surface area contributed by atoms with E-state index in [1.165, 1.54) is 22.6 Å². The summed E-state index contributed by atoms with van der Waals surface area (Å²) in [5.41, 5.74) is 1.26. The summed E-state index contributed by atoms with van der Waals surface area (Å²) in [6.07, 6.45) is 1.84. The van der Waals surface area contributed by atoms with E-state index in [0.717, 1.165) is 25.1 Å². The van der Waals surface area contributed by atoms with Gasteiger partial charge in [-0.2, -0.15) is 0 Å². The number of benzene rings is 2. The molecule has 0 aliphatic rings. The molecule has 1 N–H and O–H groups in total. The summed E-state index contributed by atoms with van der Waals surface area (Å²) in [6.45, 7) is 5.93. The highest BCUT2D eigenvalue weighted by Gasteiger charge is 2.18. The molecule has 0 aliphatic heterocycles. The Morgan fingerprint density at radius 3 is 2.34 bits per heavy atom. The summed E-state index contributed by atoms with van der Waals surface area (Å²) < 4.78 is 32.7. The van der Waals surface area contributed by atoms with Crippen molar-refractivity contribution in [3.8, 4) is 5.75 Å². The SMILES string of the molecule is CC(C)N(CCCOc1ccc(Cc2cccs2)cc1)CCC(=O)NS(=O)(=O)c1ccccc1.Cl. The van der Waals surface area contributed by atoms with Crippen molar-refractivity contribution in [1.82, 2.24) is 9.62 Å². The molecule has 0 saturated carbocycles. The highest BCUT2D eigenvalue weighted by Crippen LogP contribution is 2.18. The zero-order chi connectivity index (χ0) is 24.4. The number of nitrogens with one attached hydrogen (secondary N) is 1. The quantitative estimate of drug-likeness (QED) is 0.306. The Kier molecular flexibility index (Phi) is 11.7. The molecule has 0 radical (unpaired) electrons. The van der Waals surface area contributed by atoms with Crippen LogP contribution in [-0.2, 0) is 21.2 Å². The van der Waals surface area contributed by atoms with Crippen LogP contribution in [0.4, 0.5) is 0 Å². The maximum Gasteiger partial charge on any atom is 0.264 e. The first kappa shape index (κ1) is 28.8. The van der Waals surface area contributed by atoms with Crippen LogP contribution < -0.4 is 9.46 Å². The molecule has 0 bridgehead atoms. The molecule has 35 heavy (non-hydrogen) atoms. The number of hydrogen-bond acceptors (Lipinski definition) is 6. The summed E-state index contributed by atoms with van der Waals surface area (Å²) in [5.74, 6) is 0.338. The molecule has 190 valence electrons. The standard InChI is InChI=1S/C26H32N2O4S2.ClH/c1-21(2)28(17-15-26(29)27-34(30,31)25-9-4-3-5-10-25)16-7-18-32-23-13-11-22(12-14-23)20-24-8-6-19-33-24;/h3-6,8-14,19,21H,7,15-18,20H2,1-2H3,(H,27,29);1H. The van der Waals surface area contributed by atoms with E-state index in [9.17, 15) is 13.2 Å². The highest BCUT2D eigenvalue weighted by atomic mass is 35.5. The van der Waals surface area contributed by atoms with Crippen LogP contribution >= 0.6 is 23.7 Å². The second-order valence-electron chi connectivity index (χ2n) is 8.32. The first-order valence-electron chi connectivity index (χ1n) is 11.4. The van der Waals surface area contributed by atoms with E-state index in [1.807, 2.05) is 12.1 Å². The van der Waals surface area contributed by atoms with Crippen LogP contribution in [0, 0.1) is 0 Å². The minimum absolute atomic E-state index is 0. The molecule has 3 rings (SSSR count). The van der Waals surface area contributed by atoms with Gasteiger partial charge in [-0.15, -0.1) is 23.7 Å². The normalized spacial score (nSPS) is 11.3. The number of hydrogen-bond donors (Lipinski definition) is 1. The molecule has 0 atom stereocenters. The molecule has 3 aromatic rings. The molecule has 6 nitrogen and oxygen atoms in total. The van der Waals surface area contributed by atoms with Crippen molar-refractivity contribution >= 4 is 39.7 Å². The van der Waals surface area contributed by atoms with E-state index in [4.69, 9.17) is 4.74 Å². The van der Waals surface area contributed by atoms with Gasteiger partial charge in [-0.25, -0.2) is 13.1 Å². The Balaban J connectivity index is 0.00000432. The monoisotopic (exact) mass is 536 g/mol. The van der Waals surface area contributed by atoms with Gasteiger partial charge >= 0.3 is 0 Å². The fraction of sp³-hybridized carbons (Fsp3) is 0.346. The molecule has 0 saturated heterocycles. The smallest absolute Gasteiger partial charge is 0.264 e. The predicted octanol–water partition coefficient (Wildman–Crippen LogP) is 5.14. The lowest BCUT2D eigenvalue weighted by molar-refractivity contribution is -0.119.